The van der Waals surface area contributed by atoms with Crippen molar-refractivity contribution in [1.29, 1.82) is 0 Å². The van der Waals surface area contributed by atoms with Crippen molar-refractivity contribution in [2.75, 3.05) is 0 Å². The summed E-state index contributed by atoms with van der Waals surface area (Å²) in [6, 6.07) is 0. The summed E-state index contributed by atoms with van der Waals surface area (Å²) < 4.78 is 0. The van der Waals surface area contributed by atoms with Crippen LogP contribution in [0, 0.1) is 52.3 Å². The highest BCUT2D eigenvalue weighted by molar-refractivity contribution is 5.83. The van der Waals surface area contributed by atoms with Crippen LogP contribution in [0.1, 0.15) is 105 Å². The lowest BCUT2D eigenvalue weighted by Gasteiger charge is -2.60. The quantitative estimate of drug-likeness (QED) is 0.559. The molecule has 0 aromatic heterocycles. The minimum absolute atomic E-state index is 0.129. The summed E-state index contributed by atoms with van der Waals surface area (Å²) in [4.78, 5) is 13.2. The lowest BCUT2D eigenvalue weighted by molar-refractivity contribution is -0.160. The van der Waals surface area contributed by atoms with E-state index >= 15 is 0 Å². The van der Waals surface area contributed by atoms with Gasteiger partial charge in [-0.1, -0.05) is 53.9 Å². The summed E-state index contributed by atoms with van der Waals surface area (Å²) in [6.45, 7) is 12.2. The maximum atomic E-state index is 13.2. The predicted molar refractivity (Wildman–Crippen MR) is 119 cm³/mol. The van der Waals surface area contributed by atoms with Gasteiger partial charge in [0.05, 0.1) is 6.10 Å². The maximum Gasteiger partial charge on any atom is 0.136 e. The molecule has 4 saturated carbocycles. The van der Waals surface area contributed by atoms with Gasteiger partial charge < -0.3 is 5.11 Å². The fourth-order valence-corrected chi connectivity index (χ4v) is 9.04. The second kappa shape index (κ2) is 7.95. The number of aliphatic hydroxyl groups is 1. The number of Topliss-reactive ketones (excluding diaryl/α,β-unsaturated/α-hetero) is 1. The van der Waals surface area contributed by atoms with Gasteiger partial charge in [0.1, 0.15) is 5.78 Å². The number of fused-ring (bicyclic) bond motifs is 5. The Hall–Kier alpha value is -0.370. The molecular formula is C27H46O2. The van der Waals surface area contributed by atoms with Crippen LogP contribution in [0.5, 0.6) is 0 Å². The van der Waals surface area contributed by atoms with E-state index < -0.39 is 0 Å². The van der Waals surface area contributed by atoms with Crippen LogP contribution in [-0.2, 0) is 4.79 Å². The summed E-state index contributed by atoms with van der Waals surface area (Å²) in [5, 5.41) is 10.2. The van der Waals surface area contributed by atoms with Crippen LogP contribution in [0.4, 0.5) is 0 Å². The molecule has 0 radical (unpaired) electrons. The molecule has 4 rings (SSSR count). The van der Waals surface area contributed by atoms with E-state index in [0.29, 0.717) is 23.0 Å². The Labute approximate surface area is 179 Å². The largest absolute Gasteiger partial charge is 0.393 e. The Kier molecular flexibility index (Phi) is 5.99. The Bertz CT molecular complexity index is 612. The average molecular weight is 403 g/mol. The smallest absolute Gasteiger partial charge is 0.136 e. The highest BCUT2D eigenvalue weighted by Crippen LogP contribution is 2.67. The topological polar surface area (TPSA) is 37.3 Å². The molecule has 4 fully saturated rings. The van der Waals surface area contributed by atoms with E-state index in [1.165, 1.54) is 44.9 Å². The van der Waals surface area contributed by atoms with Gasteiger partial charge in [0.25, 0.3) is 0 Å². The first-order chi connectivity index (χ1) is 13.7. The molecule has 29 heavy (non-hydrogen) atoms. The lowest BCUT2D eigenvalue weighted by Crippen LogP contribution is -2.57. The number of ketones is 1. The first-order valence-electron chi connectivity index (χ1n) is 12.9. The second-order valence-corrected chi connectivity index (χ2v) is 12.6. The van der Waals surface area contributed by atoms with E-state index in [9.17, 15) is 9.90 Å². The van der Waals surface area contributed by atoms with Gasteiger partial charge in [0, 0.05) is 12.3 Å². The van der Waals surface area contributed by atoms with E-state index in [0.717, 1.165) is 49.4 Å². The SMILES string of the molecule is CC(C)CCC[C@@H](C)C1CCC2C3CC(=O)[C@H]4CC(O)CCC4(C)C3CCC21C. The number of hydrogen-bond acceptors (Lipinski definition) is 2. The van der Waals surface area contributed by atoms with E-state index in [4.69, 9.17) is 0 Å². The van der Waals surface area contributed by atoms with Crippen molar-refractivity contribution in [3.05, 3.63) is 0 Å². The maximum absolute atomic E-state index is 13.2. The van der Waals surface area contributed by atoms with Gasteiger partial charge in [0.2, 0.25) is 0 Å². The molecular weight excluding hydrogens is 356 g/mol. The Morgan fingerprint density at radius 3 is 2.38 bits per heavy atom. The Morgan fingerprint density at radius 1 is 0.966 bits per heavy atom. The Morgan fingerprint density at radius 2 is 1.66 bits per heavy atom. The summed E-state index contributed by atoms with van der Waals surface area (Å²) in [5.41, 5.74) is 0.609. The van der Waals surface area contributed by atoms with Crippen molar-refractivity contribution in [2.45, 2.75) is 111 Å². The van der Waals surface area contributed by atoms with Gasteiger partial charge in [-0.05, 0) is 91.3 Å². The molecule has 0 spiro atoms. The third-order valence-electron chi connectivity index (χ3n) is 10.6. The molecule has 0 aromatic carbocycles. The van der Waals surface area contributed by atoms with Crippen LogP contribution in [0.25, 0.3) is 0 Å². The fraction of sp³-hybridized carbons (Fsp3) is 0.963. The number of rotatable bonds is 5. The number of carbonyl (C=O) groups excluding carboxylic acids is 1. The van der Waals surface area contributed by atoms with Crippen molar-refractivity contribution in [1.82, 2.24) is 0 Å². The zero-order valence-corrected chi connectivity index (χ0v) is 19.8. The zero-order valence-electron chi connectivity index (χ0n) is 19.8. The van der Waals surface area contributed by atoms with E-state index in [-0.39, 0.29) is 17.4 Å². The first kappa shape index (κ1) is 21.8. The minimum Gasteiger partial charge on any atom is -0.393 e. The highest BCUT2D eigenvalue weighted by atomic mass is 16.3. The van der Waals surface area contributed by atoms with E-state index in [1.807, 2.05) is 0 Å². The molecule has 4 aliphatic rings. The molecule has 9 atom stereocenters. The molecule has 0 heterocycles. The summed E-state index contributed by atoms with van der Waals surface area (Å²) >= 11 is 0. The standard InChI is InChI=1S/C27H46O2/c1-17(2)7-6-8-18(3)21-9-10-22-20-16-25(29)24-15-19(28)11-13-27(24,5)23(20)12-14-26(21,22)4/h17-24,28H,6-16H2,1-5H3/t18-,19?,20?,21?,22?,23?,24-,26?,27?/m1/s1. The van der Waals surface area contributed by atoms with Gasteiger partial charge >= 0.3 is 0 Å². The molecule has 1 N–H and O–H groups in total. The van der Waals surface area contributed by atoms with Gasteiger partial charge in [0.15, 0.2) is 0 Å². The molecule has 2 nitrogen and oxygen atoms in total. The number of hydrogen-bond donors (Lipinski definition) is 1. The predicted octanol–water partition coefficient (Wildman–Crippen LogP) is 6.65. The van der Waals surface area contributed by atoms with Crippen molar-refractivity contribution in [2.24, 2.45) is 52.3 Å². The van der Waals surface area contributed by atoms with Gasteiger partial charge in [-0.2, -0.15) is 0 Å². The summed E-state index contributed by atoms with van der Waals surface area (Å²) in [5.74, 6) is 5.21. The third kappa shape index (κ3) is 3.64. The molecule has 0 aliphatic heterocycles. The van der Waals surface area contributed by atoms with Crippen molar-refractivity contribution < 1.29 is 9.90 Å². The average Bonchev–Trinajstić information content (AvgIpc) is 3.00. The van der Waals surface area contributed by atoms with Crippen LogP contribution < -0.4 is 0 Å². The Balaban J connectivity index is 1.50. The molecule has 0 aromatic rings. The van der Waals surface area contributed by atoms with Gasteiger partial charge in [-0.15, -0.1) is 0 Å². The van der Waals surface area contributed by atoms with Crippen LogP contribution in [0.2, 0.25) is 0 Å². The van der Waals surface area contributed by atoms with Crippen molar-refractivity contribution in [3.63, 3.8) is 0 Å². The fourth-order valence-electron chi connectivity index (χ4n) is 9.04. The van der Waals surface area contributed by atoms with E-state index in [1.54, 1.807) is 0 Å². The van der Waals surface area contributed by atoms with Crippen LogP contribution in [-0.4, -0.2) is 17.0 Å². The minimum atomic E-state index is -0.245. The summed E-state index contributed by atoms with van der Waals surface area (Å²) in [7, 11) is 0. The molecule has 7 unspecified atom stereocenters. The normalized spacial score (nSPS) is 48.2. The first-order valence-corrected chi connectivity index (χ1v) is 12.9. The molecule has 4 aliphatic carbocycles. The molecule has 166 valence electrons. The molecule has 0 bridgehead atoms. The second-order valence-electron chi connectivity index (χ2n) is 12.6. The summed E-state index contributed by atoms with van der Waals surface area (Å²) in [6.07, 6.45) is 12.8. The zero-order chi connectivity index (χ0) is 21.0. The molecule has 2 heteroatoms. The van der Waals surface area contributed by atoms with Crippen LogP contribution >= 0.6 is 0 Å². The van der Waals surface area contributed by atoms with Crippen molar-refractivity contribution in [3.8, 4) is 0 Å². The lowest BCUT2D eigenvalue weighted by atomic mass is 9.44. The van der Waals surface area contributed by atoms with Gasteiger partial charge in [-0.3, -0.25) is 4.79 Å². The van der Waals surface area contributed by atoms with Crippen LogP contribution in [0.3, 0.4) is 0 Å². The third-order valence-corrected chi connectivity index (χ3v) is 10.6. The molecule has 0 saturated heterocycles. The van der Waals surface area contributed by atoms with Gasteiger partial charge in [-0.25, -0.2) is 0 Å². The number of carbonyl (C=O) groups is 1. The number of aliphatic hydroxyl groups excluding tert-OH is 1. The van der Waals surface area contributed by atoms with E-state index in [2.05, 4.69) is 34.6 Å². The highest BCUT2D eigenvalue weighted by Gasteiger charge is 2.62. The van der Waals surface area contributed by atoms with Crippen molar-refractivity contribution >= 4 is 5.78 Å². The monoisotopic (exact) mass is 402 g/mol. The molecule has 0 amide bonds. The van der Waals surface area contributed by atoms with Crippen LogP contribution in [0.15, 0.2) is 0 Å².